The van der Waals surface area contributed by atoms with E-state index >= 15 is 0 Å². The second kappa shape index (κ2) is 7.58. The van der Waals surface area contributed by atoms with Gasteiger partial charge in [-0.05, 0) is 62.5 Å². The van der Waals surface area contributed by atoms with Crippen LogP contribution >= 0.6 is 15.9 Å². The van der Waals surface area contributed by atoms with Crippen LogP contribution in [-0.2, 0) is 0 Å². The number of rotatable bonds is 6. The molecule has 1 fully saturated rings. The minimum atomic E-state index is 0.459. The molecule has 1 N–H and O–H groups in total. The van der Waals surface area contributed by atoms with Gasteiger partial charge in [-0.3, -0.25) is 0 Å². The Kier molecular flexibility index (Phi) is 6.06. The first-order valence-electron chi connectivity index (χ1n) is 7.75. The van der Waals surface area contributed by atoms with Crippen LogP contribution in [0.25, 0.3) is 0 Å². The number of likely N-dealkylation sites (tertiary alicyclic amines) is 1. The minimum absolute atomic E-state index is 0.459. The molecule has 1 aromatic rings. The summed E-state index contributed by atoms with van der Waals surface area (Å²) in [6, 6.07) is 9.15. The molecule has 2 atom stereocenters. The van der Waals surface area contributed by atoms with Crippen LogP contribution in [0.15, 0.2) is 28.7 Å². The number of nitrogens with zero attached hydrogens (tertiary/aromatic N) is 1. The number of hydrogen-bond donors (Lipinski definition) is 1. The Morgan fingerprint density at radius 2 is 2.00 bits per heavy atom. The van der Waals surface area contributed by atoms with Gasteiger partial charge in [0.05, 0.1) is 0 Å². The highest BCUT2D eigenvalue weighted by atomic mass is 79.9. The maximum Gasteiger partial charge on any atom is 0.0329 e. The van der Waals surface area contributed by atoms with E-state index in [1.807, 2.05) is 0 Å². The number of benzene rings is 1. The molecule has 2 rings (SSSR count). The molecule has 0 amide bonds. The van der Waals surface area contributed by atoms with Crippen molar-refractivity contribution in [3.63, 3.8) is 0 Å². The van der Waals surface area contributed by atoms with E-state index < -0.39 is 0 Å². The Morgan fingerprint density at radius 3 is 2.55 bits per heavy atom. The number of nitrogens with one attached hydrogen (secondary N) is 1. The number of hydrogen-bond acceptors (Lipinski definition) is 2. The first-order chi connectivity index (χ1) is 9.60. The maximum atomic E-state index is 3.50. The van der Waals surface area contributed by atoms with Crippen LogP contribution in [0.1, 0.15) is 38.3 Å². The zero-order chi connectivity index (χ0) is 14.5. The second-order valence-electron chi connectivity index (χ2n) is 6.27. The standard InChI is InChI=1S/C17H27BrN2/c1-13(2)15-8-10-20(12-15)11-9-17(19-3)14-4-6-16(18)7-5-14/h4-7,13,15,17,19H,8-12H2,1-3H3. The second-order valence-corrected chi connectivity index (χ2v) is 7.19. The van der Waals surface area contributed by atoms with Gasteiger partial charge in [0, 0.05) is 17.1 Å². The van der Waals surface area contributed by atoms with Crippen LogP contribution < -0.4 is 5.32 Å². The van der Waals surface area contributed by atoms with E-state index in [9.17, 15) is 0 Å². The molecule has 2 unspecified atom stereocenters. The average Bonchev–Trinajstić information content (AvgIpc) is 2.90. The fourth-order valence-corrected chi connectivity index (χ4v) is 3.36. The lowest BCUT2D eigenvalue weighted by Crippen LogP contribution is -2.27. The lowest BCUT2D eigenvalue weighted by molar-refractivity contribution is 0.287. The lowest BCUT2D eigenvalue weighted by Gasteiger charge is -2.22. The van der Waals surface area contributed by atoms with Crippen molar-refractivity contribution in [3.8, 4) is 0 Å². The Morgan fingerprint density at radius 1 is 1.30 bits per heavy atom. The van der Waals surface area contributed by atoms with Gasteiger partial charge in [0.25, 0.3) is 0 Å². The van der Waals surface area contributed by atoms with Gasteiger partial charge in [0.2, 0.25) is 0 Å². The van der Waals surface area contributed by atoms with Crippen molar-refractivity contribution in [3.05, 3.63) is 34.3 Å². The van der Waals surface area contributed by atoms with Crippen molar-refractivity contribution in [2.75, 3.05) is 26.7 Å². The van der Waals surface area contributed by atoms with Crippen LogP contribution in [0, 0.1) is 11.8 Å². The first kappa shape index (κ1) is 16.0. The third kappa shape index (κ3) is 4.31. The quantitative estimate of drug-likeness (QED) is 0.840. The Bertz CT molecular complexity index is 402. The largest absolute Gasteiger partial charge is 0.313 e. The molecule has 0 bridgehead atoms. The maximum absolute atomic E-state index is 3.50. The molecular weight excluding hydrogens is 312 g/mol. The van der Waals surface area contributed by atoms with Gasteiger partial charge in [0.1, 0.15) is 0 Å². The predicted molar refractivity (Wildman–Crippen MR) is 89.9 cm³/mol. The van der Waals surface area contributed by atoms with Crippen molar-refractivity contribution < 1.29 is 0 Å². The Balaban J connectivity index is 1.84. The Hall–Kier alpha value is -0.380. The molecule has 1 saturated heterocycles. The van der Waals surface area contributed by atoms with E-state index in [2.05, 4.69) is 71.3 Å². The molecule has 2 nitrogen and oxygen atoms in total. The monoisotopic (exact) mass is 338 g/mol. The smallest absolute Gasteiger partial charge is 0.0329 e. The zero-order valence-corrected chi connectivity index (χ0v) is 14.5. The van der Waals surface area contributed by atoms with Gasteiger partial charge in [-0.1, -0.05) is 41.9 Å². The summed E-state index contributed by atoms with van der Waals surface area (Å²) in [4.78, 5) is 2.63. The van der Waals surface area contributed by atoms with E-state index in [1.54, 1.807) is 0 Å². The van der Waals surface area contributed by atoms with E-state index in [0.29, 0.717) is 6.04 Å². The van der Waals surface area contributed by atoms with E-state index in [-0.39, 0.29) is 0 Å². The fourth-order valence-electron chi connectivity index (χ4n) is 3.09. The molecule has 0 aliphatic carbocycles. The SMILES string of the molecule is CNC(CCN1CCC(C(C)C)C1)c1ccc(Br)cc1. The molecule has 1 heterocycles. The molecular formula is C17H27BrN2. The molecule has 0 saturated carbocycles. The summed E-state index contributed by atoms with van der Waals surface area (Å²) in [6.07, 6.45) is 2.56. The zero-order valence-electron chi connectivity index (χ0n) is 12.9. The molecule has 112 valence electrons. The molecule has 1 aromatic carbocycles. The highest BCUT2D eigenvalue weighted by Crippen LogP contribution is 2.25. The molecule has 0 spiro atoms. The molecule has 0 aromatic heterocycles. The van der Waals surface area contributed by atoms with Crippen molar-refractivity contribution in [2.45, 2.75) is 32.7 Å². The molecule has 3 heteroatoms. The van der Waals surface area contributed by atoms with Crippen molar-refractivity contribution in [2.24, 2.45) is 11.8 Å². The average molecular weight is 339 g/mol. The van der Waals surface area contributed by atoms with Gasteiger partial charge in [-0.25, -0.2) is 0 Å². The summed E-state index contributed by atoms with van der Waals surface area (Å²) in [5, 5.41) is 3.45. The first-order valence-corrected chi connectivity index (χ1v) is 8.54. The fraction of sp³-hybridized carbons (Fsp3) is 0.647. The summed E-state index contributed by atoms with van der Waals surface area (Å²) >= 11 is 3.50. The van der Waals surface area contributed by atoms with E-state index in [1.165, 1.54) is 38.0 Å². The van der Waals surface area contributed by atoms with Gasteiger partial charge in [0.15, 0.2) is 0 Å². The molecule has 1 aliphatic heterocycles. The van der Waals surface area contributed by atoms with Crippen molar-refractivity contribution in [1.82, 2.24) is 10.2 Å². The highest BCUT2D eigenvalue weighted by molar-refractivity contribution is 9.10. The lowest BCUT2D eigenvalue weighted by atomic mass is 9.95. The van der Waals surface area contributed by atoms with Gasteiger partial charge >= 0.3 is 0 Å². The van der Waals surface area contributed by atoms with Crippen LogP contribution in [0.4, 0.5) is 0 Å². The Labute approximate surface area is 132 Å². The third-order valence-corrected chi connectivity index (χ3v) is 5.14. The van der Waals surface area contributed by atoms with Crippen molar-refractivity contribution in [1.29, 1.82) is 0 Å². The molecule has 0 radical (unpaired) electrons. The predicted octanol–water partition coefficient (Wildman–Crippen LogP) is 4.08. The normalized spacial score (nSPS) is 21.6. The minimum Gasteiger partial charge on any atom is -0.313 e. The highest BCUT2D eigenvalue weighted by Gasteiger charge is 2.25. The van der Waals surface area contributed by atoms with Gasteiger partial charge in [-0.15, -0.1) is 0 Å². The topological polar surface area (TPSA) is 15.3 Å². The molecule has 20 heavy (non-hydrogen) atoms. The number of halogens is 1. The summed E-state index contributed by atoms with van der Waals surface area (Å²) in [5.41, 5.74) is 1.38. The van der Waals surface area contributed by atoms with Crippen LogP contribution in [0.3, 0.4) is 0 Å². The van der Waals surface area contributed by atoms with Crippen molar-refractivity contribution >= 4 is 15.9 Å². The summed E-state index contributed by atoms with van der Waals surface area (Å²) < 4.78 is 1.15. The summed E-state index contributed by atoms with van der Waals surface area (Å²) in [5.74, 6) is 1.72. The van der Waals surface area contributed by atoms with E-state index in [4.69, 9.17) is 0 Å². The summed E-state index contributed by atoms with van der Waals surface area (Å²) in [7, 11) is 2.06. The third-order valence-electron chi connectivity index (χ3n) is 4.61. The van der Waals surface area contributed by atoms with Crippen LogP contribution in [-0.4, -0.2) is 31.6 Å². The van der Waals surface area contributed by atoms with Crippen LogP contribution in [0.2, 0.25) is 0 Å². The molecule has 1 aliphatic rings. The summed E-state index contributed by atoms with van der Waals surface area (Å²) in [6.45, 7) is 8.47. The van der Waals surface area contributed by atoms with Crippen LogP contribution in [0.5, 0.6) is 0 Å². The van der Waals surface area contributed by atoms with Gasteiger partial charge < -0.3 is 10.2 Å². The van der Waals surface area contributed by atoms with Gasteiger partial charge in [-0.2, -0.15) is 0 Å². The van der Waals surface area contributed by atoms with E-state index in [0.717, 1.165) is 16.3 Å².